The molecule has 8 N–H and O–H groups in total. The van der Waals surface area contributed by atoms with Gasteiger partial charge in [-0.3, -0.25) is 4.79 Å². The first-order chi connectivity index (χ1) is 20.6. The minimum Gasteiger partial charge on any atom is -0.398 e. The van der Waals surface area contributed by atoms with E-state index in [1.165, 1.54) is 12.1 Å². The zero-order valence-electron chi connectivity index (χ0n) is 24.1. The van der Waals surface area contributed by atoms with Crippen LogP contribution in [0.2, 0.25) is 0 Å². The first kappa shape index (κ1) is 30.9. The molecule has 0 fully saturated rings. The molecule has 0 bridgehead atoms. The third-order valence-corrected chi connectivity index (χ3v) is 7.14. The molecule has 0 spiro atoms. The van der Waals surface area contributed by atoms with Crippen LogP contribution in [0.3, 0.4) is 0 Å². The van der Waals surface area contributed by atoms with Crippen LogP contribution in [0.1, 0.15) is 39.5 Å². The molecule has 43 heavy (non-hydrogen) atoms. The van der Waals surface area contributed by atoms with E-state index in [4.69, 9.17) is 22.6 Å². The van der Waals surface area contributed by atoms with Crippen LogP contribution in [0, 0.1) is 17.0 Å². The fraction of sp³-hybridized carbons (Fsp3) is 0.182. The van der Waals surface area contributed by atoms with Crippen molar-refractivity contribution >= 4 is 35.0 Å². The molecule has 4 aromatic carbocycles. The molecule has 1 amide bonds. The predicted octanol–water partition coefficient (Wildman–Crippen LogP) is 4.98. The van der Waals surface area contributed by atoms with Crippen molar-refractivity contribution in [1.82, 2.24) is 5.32 Å². The Hall–Kier alpha value is -5.09. The summed E-state index contributed by atoms with van der Waals surface area (Å²) in [6, 6.07) is 19.0. The van der Waals surface area contributed by atoms with Crippen LogP contribution in [0.4, 0.5) is 25.8 Å². The second kappa shape index (κ2) is 13.7. The van der Waals surface area contributed by atoms with Gasteiger partial charge in [0.25, 0.3) is 5.91 Å². The number of aliphatic imine (C=N–C) groups is 1. The van der Waals surface area contributed by atoms with Gasteiger partial charge in [-0.1, -0.05) is 6.07 Å². The molecule has 8 nitrogen and oxygen atoms in total. The number of amides is 1. The van der Waals surface area contributed by atoms with Crippen molar-refractivity contribution in [2.45, 2.75) is 13.3 Å². The lowest BCUT2D eigenvalue weighted by atomic mass is 9.91. The number of rotatable bonds is 11. The maximum Gasteiger partial charge on any atom is 0.278 e. The molecule has 4 aromatic rings. The number of carbonyl (C=O) groups excluding carboxylic acids is 1. The molecule has 0 saturated carbocycles. The molecule has 0 atom stereocenters. The molecule has 0 radical (unpaired) electrons. The van der Waals surface area contributed by atoms with Crippen molar-refractivity contribution in [2.24, 2.45) is 10.7 Å². The summed E-state index contributed by atoms with van der Waals surface area (Å²) in [4.78, 5) is 19.4. The van der Waals surface area contributed by atoms with Crippen LogP contribution >= 0.6 is 0 Å². The number of hydrogen-bond acceptors (Lipinski definition) is 6. The van der Waals surface area contributed by atoms with E-state index in [2.05, 4.69) is 22.1 Å². The first-order valence-electron chi connectivity index (χ1n) is 13.8. The van der Waals surface area contributed by atoms with Gasteiger partial charge in [0, 0.05) is 65.7 Å². The standard InChI is InChI=1S/C33H35F2N7O/c1-3-42(11-10-40-2)27-7-4-21(5-8-27)33(43)41-32(39)29-16-23(12-20-13-25(34)17-26(35)14-20)28(18-31(29)38)22-6-9-30(37)24(15-22)19-36/h4-9,13-19,36,40H,3,10-12,37-38H2,1-2H3,(H2,39,41,43). The molecule has 10 heteroatoms. The number of benzene rings is 4. The zero-order valence-corrected chi connectivity index (χ0v) is 24.1. The lowest BCUT2D eigenvalue weighted by Gasteiger charge is -2.23. The molecule has 0 aliphatic carbocycles. The van der Waals surface area contributed by atoms with Crippen molar-refractivity contribution in [2.75, 3.05) is 43.0 Å². The highest BCUT2D eigenvalue weighted by atomic mass is 19.1. The molecule has 0 aromatic heterocycles. The van der Waals surface area contributed by atoms with Crippen LogP contribution in [-0.2, 0) is 6.42 Å². The molecular formula is C33H35F2N7O. The number of nitrogens with one attached hydrogen (secondary N) is 2. The molecule has 0 unspecified atom stereocenters. The van der Waals surface area contributed by atoms with E-state index in [1.807, 2.05) is 19.2 Å². The average Bonchev–Trinajstić information content (AvgIpc) is 2.98. The summed E-state index contributed by atoms with van der Waals surface area (Å²) < 4.78 is 28.1. The van der Waals surface area contributed by atoms with Crippen molar-refractivity contribution in [1.29, 1.82) is 5.41 Å². The number of nitrogens with zero attached hydrogens (tertiary/aromatic N) is 2. The molecule has 0 heterocycles. The summed E-state index contributed by atoms with van der Waals surface area (Å²) >= 11 is 0. The Kier molecular flexibility index (Phi) is 9.84. The number of nitrogens with two attached hydrogens (primary N) is 3. The van der Waals surface area contributed by atoms with Crippen molar-refractivity contribution < 1.29 is 13.6 Å². The molecule has 0 saturated heterocycles. The number of hydrogen-bond donors (Lipinski definition) is 5. The van der Waals surface area contributed by atoms with Gasteiger partial charge in [-0.05, 0) is 103 Å². The van der Waals surface area contributed by atoms with E-state index < -0.39 is 17.5 Å². The number of anilines is 3. The Balaban J connectivity index is 1.72. The highest BCUT2D eigenvalue weighted by Gasteiger charge is 2.16. The number of likely N-dealkylation sites (N-methyl/N-ethyl adjacent to an activating group) is 2. The van der Waals surface area contributed by atoms with Crippen molar-refractivity contribution in [3.63, 3.8) is 0 Å². The molecular weight excluding hydrogens is 548 g/mol. The van der Waals surface area contributed by atoms with Gasteiger partial charge in [0.2, 0.25) is 0 Å². The van der Waals surface area contributed by atoms with Gasteiger partial charge in [0.1, 0.15) is 17.5 Å². The van der Waals surface area contributed by atoms with Crippen LogP contribution in [0.5, 0.6) is 0 Å². The van der Waals surface area contributed by atoms with Gasteiger partial charge in [-0.2, -0.15) is 4.99 Å². The fourth-order valence-corrected chi connectivity index (χ4v) is 4.86. The summed E-state index contributed by atoms with van der Waals surface area (Å²) in [6.07, 6.45) is 1.27. The molecule has 0 aliphatic rings. The fourth-order valence-electron chi connectivity index (χ4n) is 4.86. The quantitative estimate of drug-likeness (QED) is 0.0957. The van der Waals surface area contributed by atoms with Gasteiger partial charge in [-0.15, -0.1) is 0 Å². The van der Waals surface area contributed by atoms with Crippen molar-refractivity contribution in [3.05, 3.63) is 112 Å². The van der Waals surface area contributed by atoms with E-state index in [1.54, 1.807) is 42.5 Å². The van der Waals surface area contributed by atoms with Gasteiger partial charge >= 0.3 is 0 Å². The first-order valence-corrected chi connectivity index (χ1v) is 13.8. The number of amidine groups is 1. The Labute approximate surface area is 249 Å². The zero-order chi connectivity index (χ0) is 31.1. The van der Waals surface area contributed by atoms with Gasteiger partial charge < -0.3 is 32.8 Å². The lowest BCUT2D eigenvalue weighted by molar-refractivity contribution is 0.100. The van der Waals surface area contributed by atoms with E-state index >= 15 is 0 Å². The van der Waals surface area contributed by atoms with Gasteiger partial charge in [0.05, 0.1) is 0 Å². The van der Waals surface area contributed by atoms with E-state index in [0.29, 0.717) is 44.6 Å². The Bertz CT molecular complexity index is 1650. The SMILES string of the molecule is CCN(CCNC)c1ccc(C(=O)N=C(N)c2cc(Cc3cc(F)cc(F)c3)c(-c3ccc(N)c(C=N)c3)cc2N)cc1. The maximum atomic E-state index is 14.0. The minimum absolute atomic E-state index is 0.0912. The summed E-state index contributed by atoms with van der Waals surface area (Å²) in [5, 5.41) is 10.8. The maximum absolute atomic E-state index is 14.0. The third-order valence-electron chi connectivity index (χ3n) is 7.14. The topological polar surface area (TPSA) is 147 Å². The van der Waals surface area contributed by atoms with Crippen molar-refractivity contribution in [3.8, 4) is 11.1 Å². The smallest absolute Gasteiger partial charge is 0.278 e. The summed E-state index contributed by atoms with van der Waals surface area (Å²) in [7, 11) is 1.90. The second-order valence-corrected chi connectivity index (χ2v) is 10.1. The summed E-state index contributed by atoms with van der Waals surface area (Å²) in [5.74, 6) is -2.03. The summed E-state index contributed by atoms with van der Waals surface area (Å²) in [5.41, 5.74) is 23.9. The summed E-state index contributed by atoms with van der Waals surface area (Å²) in [6.45, 7) is 4.53. The van der Waals surface area contributed by atoms with E-state index in [9.17, 15) is 13.6 Å². The van der Waals surface area contributed by atoms with E-state index in [-0.39, 0.29) is 17.9 Å². The molecule has 0 aliphatic heterocycles. The minimum atomic E-state index is -0.701. The largest absolute Gasteiger partial charge is 0.398 e. The third kappa shape index (κ3) is 7.41. The van der Waals surface area contributed by atoms with Crippen LogP contribution in [0.15, 0.2) is 77.8 Å². The normalized spacial score (nSPS) is 11.4. The Morgan fingerprint density at radius 2 is 1.67 bits per heavy atom. The Morgan fingerprint density at radius 1 is 0.977 bits per heavy atom. The van der Waals surface area contributed by atoms with Crippen LogP contribution in [0.25, 0.3) is 11.1 Å². The van der Waals surface area contributed by atoms with Crippen LogP contribution in [-0.4, -0.2) is 44.6 Å². The average molecular weight is 584 g/mol. The highest BCUT2D eigenvalue weighted by Crippen LogP contribution is 2.32. The van der Waals surface area contributed by atoms with Gasteiger partial charge in [0.15, 0.2) is 0 Å². The molecule has 222 valence electrons. The molecule has 4 rings (SSSR count). The van der Waals surface area contributed by atoms with Crippen LogP contribution < -0.4 is 27.4 Å². The highest BCUT2D eigenvalue weighted by molar-refractivity contribution is 6.11. The number of nitrogen functional groups attached to an aromatic ring is 2. The number of carbonyl (C=O) groups is 1. The Morgan fingerprint density at radius 3 is 2.30 bits per heavy atom. The van der Waals surface area contributed by atoms with E-state index in [0.717, 1.165) is 37.6 Å². The van der Waals surface area contributed by atoms with Gasteiger partial charge in [-0.25, -0.2) is 8.78 Å². The lowest BCUT2D eigenvalue weighted by Crippen LogP contribution is -2.30. The monoisotopic (exact) mass is 583 g/mol. The predicted molar refractivity (Wildman–Crippen MR) is 171 cm³/mol. The second-order valence-electron chi connectivity index (χ2n) is 10.1. The number of halogens is 2.